The fourth-order valence-corrected chi connectivity index (χ4v) is 3.51. The lowest BCUT2D eigenvalue weighted by atomic mass is 9.99. The Morgan fingerprint density at radius 3 is 2.62 bits per heavy atom. The molecule has 4 rings (SSSR count). The number of aliphatic hydroxyl groups is 1. The molecule has 8 heteroatoms. The number of ether oxygens (including phenoxy) is 2. The fraction of sp³-hybridized carbons (Fsp3) is 0.333. The second-order valence-corrected chi connectivity index (χ2v) is 7.17. The molecule has 1 amide bonds. The molecule has 1 aromatic heterocycles. The van der Waals surface area contributed by atoms with Crippen molar-refractivity contribution in [2.75, 3.05) is 40.4 Å². The van der Waals surface area contributed by atoms with Crippen molar-refractivity contribution < 1.29 is 28.6 Å². The second-order valence-electron chi connectivity index (χ2n) is 7.17. The number of likely N-dealkylation sites (N-methyl/N-ethyl adjacent to an activating group) is 1. The number of furan rings is 1. The standard InChI is InChI=1S/C21H22N2O6/c1-22(2)7-8-23-18(15-4-3-9-27-15)17(20(25)21(23)26)19(24)13-5-6-14-16(12-13)29-11-10-28-14/h3-6,9,12,18,24H,7-8,10-11H2,1-2H3/b19-17+. The van der Waals surface area contributed by atoms with Crippen LogP contribution in [0.1, 0.15) is 17.4 Å². The van der Waals surface area contributed by atoms with Gasteiger partial charge in [-0.2, -0.15) is 0 Å². The van der Waals surface area contributed by atoms with Crippen LogP contribution in [-0.2, 0) is 9.59 Å². The number of nitrogens with zero attached hydrogens (tertiary/aromatic N) is 2. The Morgan fingerprint density at radius 2 is 1.93 bits per heavy atom. The molecule has 2 aliphatic rings. The number of carbonyl (C=O) groups excluding carboxylic acids is 2. The zero-order valence-electron chi connectivity index (χ0n) is 16.3. The van der Waals surface area contributed by atoms with E-state index in [9.17, 15) is 14.7 Å². The highest BCUT2D eigenvalue weighted by Crippen LogP contribution is 2.41. The molecule has 29 heavy (non-hydrogen) atoms. The smallest absolute Gasteiger partial charge is 0.295 e. The SMILES string of the molecule is CN(C)CCN1C(=O)C(=O)/C(=C(/O)c2ccc3c(c2)OCCO3)C1c1ccco1. The maximum Gasteiger partial charge on any atom is 0.295 e. The summed E-state index contributed by atoms with van der Waals surface area (Å²) in [5.41, 5.74) is 0.372. The van der Waals surface area contributed by atoms with Gasteiger partial charge < -0.3 is 28.8 Å². The van der Waals surface area contributed by atoms with Crippen LogP contribution in [0.4, 0.5) is 0 Å². The van der Waals surface area contributed by atoms with Crippen molar-refractivity contribution in [2.24, 2.45) is 0 Å². The van der Waals surface area contributed by atoms with E-state index >= 15 is 0 Å². The zero-order chi connectivity index (χ0) is 20.5. The highest BCUT2D eigenvalue weighted by Gasteiger charge is 2.47. The number of fused-ring (bicyclic) bond motifs is 1. The molecule has 1 aromatic carbocycles. The van der Waals surface area contributed by atoms with Crippen LogP contribution < -0.4 is 9.47 Å². The summed E-state index contributed by atoms with van der Waals surface area (Å²) >= 11 is 0. The van der Waals surface area contributed by atoms with Gasteiger partial charge in [-0.05, 0) is 44.4 Å². The monoisotopic (exact) mass is 398 g/mol. The van der Waals surface area contributed by atoms with Crippen molar-refractivity contribution in [1.82, 2.24) is 9.80 Å². The summed E-state index contributed by atoms with van der Waals surface area (Å²) in [4.78, 5) is 28.9. The Morgan fingerprint density at radius 1 is 1.17 bits per heavy atom. The molecular weight excluding hydrogens is 376 g/mol. The molecule has 2 aromatic rings. The Labute approximate surface area is 167 Å². The summed E-state index contributed by atoms with van der Waals surface area (Å²) in [5, 5.41) is 11.0. The molecule has 8 nitrogen and oxygen atoms in total. The molecule has 1 saturated heterocycles. The average molecular weight is 398 g/mol. The summed E-state index contributed by atoms with van der Waals surface area (Å²) in [5.74, 6) is -0.195. The van der Waals surface area contributed by atoms with Gasteiger partial charge >= 0.3 is 0 Å². The first-order valence-corrected chi connectivity index (χ1v) is 9.34. The van der Waals surface area contributed by atoms with Crippen molar-refractivity contribution in [1.29, 1.82) is 0 Å². The second kappa shape index (κ2) is 7.63. The summed E-state index contributed by atoms with van der Waals surface area (Å²) in [7, 11) is 3.77. The molecule has 0 spiro atoms. The molecule has 2 aliphatic heterocycles. The Balaban J connectivity index is 1.79. The van der Waals surface area contributed by atoms with Crippen LogP contribution in [0, 0.1) is 0 Å². The van der Waals surface area contributed by atoms with E-state index in [1.807, 2.05) is 19.0 Å². The molecule has 0 aliphatic carbocycles. The van der Waals surface area contributed by atoms with Crippen molar-refractivity contribution >= 4 is 17.4 Å². The molecule has 152 valence electrons. The van der Waals surface area contributed by atoms with E-state index < -0.39 is 17.7 Å². The Hall–Kier alpha value is -3.26. The number of hydrogen-bond donors (Lipinski definition) is 1. The Kier molecular flexibility index (Phi) is 5.02. The first kappa shape index (κ1) is 19.1. The van der Waals surface area contributed by atoms with Gasteiger partial charge in [0.25, 0.3) is 11.7 Å². The van der Waals surface area contributed by atoms with E-state index in [1.54, 1.807) is 30.3 Å². The molecule has 0 saturated carbocycles. The lowest BCUT2D eigenvalue weighted by molar-refractivity contribution is -0.140. The van der Waals surface area contributed by atoms with E-state index in [0.717, 1.165) is 0 Å². The predicted molar refractivity (Wildman–Crippen MR) is 104 cm³/mol. The van der Waals surface area contributed by atoms with Gasteiger partial charge in [0.15, 0.2) is 11.5 Å². The van der Waals surface area contributed by atoms with Gasteiger partial charge in [0.05, 0.1) is 11.8 Å². The molecule has 1 atom stereocenters. The lowest BCUT2D eigenvalue weighted by Crippen LogP contribution is -2.35. The van der Waals surface area contributed by atoms with Gasteiger partial charge in [0.1, 0.15) is 30.8 Å². The molecule has 0 radical (unpaired) electrons. The van der Waals surface area contributed by atoms with Crippen molar-refractivity contribution in [2.45, 2.75) is 6.04 Å². The number of aliphatic hydroxyl groups excluding tert-OH is 1. The van der Waals surface area contributed by atoms with E-state index in [-0.39, 0.29) is 11.3 Å². The summed E-state index contributed by atoms with van der Waals surface area (Å²) in [6.07, 6.45) is 1.48. The largest absolute Gasteiger partial charge is 0.507 e. The van der Waals surface area contributed by atoms with E-state index in [4.69, 9.17) is 13.9 Å². The molecule has 0 bridgehead atoms. The quantitative estimate of drug-likeness (QED) is 0.468. The van der Waals surface area contributed by atoms with E-state index in [1.165, 1.54) is 11.2 Å². The Bertz CT molecular complexity index is 964. The van der Waals surface area contributed by atoms with Crippen LogP contribution in [-0.4, -0.2) is 67.0 Å². The van der Waals surface area contributed by atoms with Crippen LogP contribution in [0.2, 0.25) is 0 Å². The summed E-state index contributed by atoms with van der Waals surface area (Å²) < 4.78 is 16.6. The molecule has 1 fully saturated rings. The topological polar surface area (TPSA) is 92.5 Å². The normalized spacial score (nSPS) is 20.5. The fourth-order valence-electron chi connectivity index (χ4n) is 3.51. The van der Waals surface area contributed by atoms with Crippen LogP contribution in [0.25, 0.3) is 5.76 Å². The molecule has 1 N–H and O–H groups in total. The van der Waals surface area contributed by atoms with Crippen molar-refractivity contribution in [3.8, 4) is 11.5 Å². The van der Waals surface area contributed by atoms with Crippen LogP contribution in [0.15, 0.2) is 46.6 Å². The lowest BCUT2D eigenvalue weighted by Gasteiger charge is -2.24. The van der Waals surface area contributed by atoms with E-state index in [0.29, 0.717) is 49.1 Å². The number of ketones is 1. The first-order chi connectivity index (χ1) is 14.0. The van der Waals surface area contributed by atoms with Gasteiger partial charge in [-0.1, -0.05) is 0 Å². The van der Waals surface area contributed by atoms with Crippen molar-refractivity contribution in [3.05, 3.63) is 53.5 Å². The highest BCUT2D eigenvalue weighted by atomic mass is 16.6. The number of benzene rings is 1. The summed E-state index contributed by atoms with van der Waals surface area (Å²) in [6, 6.07) is 7.50. The third-order valence-electron chi connectivity index (χ3n) is 4.96. The average Bonchev–Trinajstić information content (AvgIpc) is 3.33. The first-order valence-electron chi connectivity index (χ1n) is 9.34. The number of carbonyl (C=O) groups is 2. The number of rotatable bonds is 5. The molecule has 1 unspecified atom stereocenters. The van der Waals surface area contributed by atoms with Gasteiger partial charge in [0, 0.05) is 18.7 Å². The minimum atomic E-state index is -0.793. The maximum atomic E-state index is 12.8. The summed E-state index contributed by atoms with van der Waals surface area (Å²) in [6.45, 7) is 1.74. The number of Topliss-reactive ketones (excluding diaryl/α,β-unsaturated/α-hetero) is 1. The van der Waals surface area contributed by atoms with Gasteiger partial charge in [-0.15, -0.1) is 0 Å². The van der Waals surface area contributed by atoms with E-state index in [2.05, 4.69) is 0 Å². The highest BCUT2D eigenvalue weighted by molar-refractivity contribution is 6.46. The minimum Gasteiger partial charge on any atom is -0.507 e. The zero-order valence-corrected chi connectivity index (χ0v) is 16.3. The van der Waals surface area contributed by atoms with Crippen LogP contribution >= 0.6 is 0 Å². The number of hydrogen-bond acceptors (Lipinski definition) is 7. The number of amides is 1. The number of likely N-dealkylation sites (tertiary alicyclic amines) is 1. The van der Waals surface area contributed by atoms with Crippen molar-refractivity contribution in [3.63, 3.8) is 0 Å². The molecule has 3 heterocycles. The predicted octanol–water partition coefficient (Wildman–Crippen LogP) is 2.03. The third-order valence-corrected chi connectivity index (χ3v) is 4.96. The molecular formula is C21H22N2O6. The van der Waals surface area contributed by atoms with Gasteiger partial charge in [-0.25, -0.2) is 0 Å². The van der Waals surface area contributed by atoms with Crippen LogP contribution in [0.5, 0.6) is 11.5 Å². The maximum absolute atomic E-state index is 12.8. The third kappa shape index (κ3) is 3.47. The van der Waals surface area contributed by atoms with Gasteiger partial charge in [-0.3, -0.25) is 9.59 Å². The van der Waals surface area contributed by atoms with Gasteiger partial charge in [0.2, 0.25) is 0 Å². The van der Waals surface area contributed by atoms with Crippen LogP contribution in [0.3, 0.4) is 0 Å². The minimum absolute atomic E-state index is 0.000355.